The lowest BCUT2D eigenvalue weighted by molar-refractivity contribution is -0.130. The maximum atomic E-state index is 12.5. The van der Waals surface area contributed by atoms with Gasteiger partial charge in [0.05, 0.1) is 18.4 Å². The lowest BCUT2D eigenvalue weighted by Gasteiger charge is -2.22. The van der Waals surface area contributed by atoms with Crippen LogP contribution in [0, 0.1) is 11.8 Å². The Kier molecular flexibility index (Phi) is 6.95. The smallest absolute Gasteiger partial charge is 0.243 e. The Bertz CT molecular complexity index is 722. The van der Waals surface area contributed by atoms with Crippen molar-refractivity contribution < 1.29 is 9.59 Å². The minimum absolute atomic E-state index is 0.00240. The molecule has 1 aromatic carbocycles. The highest BCUT2D eigenvalue weighted by Gasteiger charge is 2.24. The first kappa shape index (κ1) is 19.7. The van der Waals surface area contributed by atoms with E-state index in [-0.39, 0.29) is 30.2 Å². The number of H-pyrrole nitrogens is 1. The van der Waals surface area contributed by atoms with Crippen LogP contribution in [0.2, 0.25) is 0 Å². The average Bonchev–Trinajstić information content (AvgIpc) is 3.06. The standard InChI is InChI=1S/C20H28N4O2/c1-13(2)10-18(25)24-19(14(3)4)20(26)22-12-17-21-11-16(23-17)15-8-6-5-7-9-15/h5-9,11,13-14,19H,10,12H2,1-4H3,(H,21,23)(H,22,26)(H,24,25). The lowest BCUT2D eigenvalue weighted by atomic mass is 10.0. The Morgan fingerprint density at radius 1 is 1.12 bits per heavy atom. The molecule has 0 aliphatic heterocycles. The zero-order chi connectivity index (χ0) is 19.1. The Hall–Kier alpha value is -2.63. The Balaban J connectivity index is 1.93. The molecule has 2 aromatic rings. The summed E-state index contributed by atoms with van der Waals surface area (Å²) in [6.07, 6.45) is 2.16. The fraction of sp³-hybridized carbons (Fsp3) is 0.450. The molecular formula is C20H28N4O2. The molecule has 1 unspecified atom stereocenters. The molecule has 26 heavy (non-hydrogen) atoms. The second-order valence-electron chi connectivity index (χ2n) is 7.21. The number of imidazole rings is 1. The van der Waals surface area contributed by atoms with Gasteiger partial charge in [0.25, 0.3) is 0 Å². The van der Waals surface area contributed by atoms with Gasteiger partial charge >= 0.3 is 0 Å². The third-order valence-electron chi connectivity index (χ3n) is 4.00. The Labute approximate surface area is 154 Å². The van der Waals surface area contributed by atoms with Crippen molar-refractivity contribution in [3.05, 3.63) is 42.4 Å². The number of carbonyl (C=O) groups is 2. The summed E-state index contributed by atoms with van der Waals surface area (Å²) in [5.74, 6) is 0.634. The molecule has 2 amide bonds. The van der Waals surface area contributed by atoms with Gasteiger partial charge in [-0.2, -0.15) is 0 Å². The number of amides is 2. The molecule has 3 N–H and O–H groups in total. The van der Waals surface area contributed by atoms with E-state index < -0.39 is 6.04 Å². The van der Waals surface area contributed by atoms with E-state index in [2.05, 4.69) is 20.6 Å². The molecule has 2 rings (SSSR count). The molecule has 0 fully saturated rings. The minimum Gasteiger partial charge on any atom is -0.347 e. The summed E-state index contributed by atoms with van der Waals surface area (Å²) in [7, 11) is 0. The van der Waals surface area contributed by atoms with Crippen LogP contribution in [-0.2, 0) is 16.1 Å². The maximum Gasteiger partial charge on any atom is 0.243 e. The SMILES string of the molecule is CC(C)CC(=O)NC(C(=O)NCc1ncc(-c2ccccc2)[nH]1)C(C)C. The zero-order valence-corrected chi connectivity index (χ0v) is 15.9. The molecular weight excluding hydrogens is 328 g/mol. The molecule has 1 heterocycles. The fourth-order valence-corrected chi connectivity index (χ4v) is 2.64. The largest absolute Gasteiger partial charge is 0.347 e. The summed E-state index contributed by atoms with van der Waals surface area (Å²) in [4.78, 5) is 32.0. The van der Waals surface area contributed by atoms with Gasteiger partial charge in [-0.25, -0.2) is 4.98 Å². The molecule has 140 valence electrons. The molecule has 0 aliphatic rings. The van der Waals surface area contributed by atoms with Crippen molar-refractivity contribution in [2.45, 2.75) is 46.7 Å². The maximum absolute atomic E-state index is 12.5. The average molecular weight is 356 g/mol. The van der Waals surface area contributed by atoms with E-state index >= 15 is 0 Å². The quantitative estimate of drug-likeness (QED) is 0.680. The Morgan fingerprint density at radius 3 is 2.42 bits per heavy atom. The fourth-order valence-electron chi connectivity index (χ4n) is 2.64. The van der Waals surface area contributed by atoms with Crippen molar-refractivity contribution in [3.8, 4) is 11.3 Å². The van der Waals surface area contributed by atoms with E-state index in [9.17, 15) is 9.59 Å². The number of rotatable bonds is 8. The summed E-state index contributed by atoms with van der Waals surface area (Å²) in [6, 6.07) is 9.32. The summed E-state index contributed by atoms with van der Waals surface area (Å²) < 4.78 is 0. The molecule has 1 atom stereocenters. The number of aromatic nitrogens is 2. The van der Waals surface area contributed by atoms with Crippen LogP contribution in [0.4, 0.5) is 0 Å². The highest BCUT2D eigenvalue weighted by molar-refractivity contribution is 5.87. The molecule has 0 saturated carbocycles. The molecule has 0 aliphatic carbocycles. The van der Waals surface area contributed by atoms with Gasteiger partial charge in [-0.1, -0.05) is 58.0 Å². The normalized spacial score (nSPS) is 12.2. The van der Waals surface area contributed by atoms with Crippen molar-refractivity contribution in [1.82, 2.24) is 20.6 Å². The third-order valence-corrected chi connectivity index (χ3v) is 4.00. The predicted molar refractivity (Wildman–Crippen MR) is 102 cm³/mol. The highest BCUT2D eigenvalue weighted by Crippen LogP contribution is 2.16. The van der Waals surface area contributed by atoms with Crippen LogP contribution >= 0.6 is 0 Å². The molecule has 6 nitrogen and oxygen atoms in total. The number of aromatic amines is 1. The van der Waals surface area contributed by atoms with Gasteiger partial charge in [0.2, 0.25) is 11.8 Å². The number of nitrogens with zero attached hydrogens (tertiary/aromatic N) is 1. The second kappa shape index (κ2) is 9.17. The van der Waals surface area contributed by atoms with Gasteiger partial charge in [0.15, 0.2) is 0 Å². The summed E-state index contributed by atoms with van der Waals surface area (Å²) in [6.45, 7) is 8.08. The van der Waals surface area contributed by atoms with E-state index in [1.165, 1.54) is 0 Å². The summed E-state index contributed by atoms with van der Waals surface area (Å²) in [5.41, 5.74) is 1.94. The van der Waals surface area contributed by atoms with Gasteiger partial charge in [-0.05, 0) is 17.4 Å². The molecule has 6 heteroatoms. The molecule has 0 spiro atoms. The number of nitrogens with one attached hydrogen (secondary N) is 3. The molecule has 0 radical (unpaired) electrons. The molecule has 0 bridgehead atoms. The molecule has 0 saturated heterocycles. The lowest BCUT2D eigenvalue weighted by Crippen LogP contribution is -2.49. The number of benzene rings is 1. The van der Waals surface area contributed by atoms with Gasteiger partial charge in [0, 0.05) is 6.42 Å². The number of hydrogen-bond donors (Lipinski definition) is 3. The van der Waals surface area contributed by atoms with Gasteiger partial charge in [0.1, 0.15) is 11.9 Å². The van der Waals surface area contributed by atoms with Crippen molar-refractivity contribution >= 4 is 11.8 Å². The third kappa shape index (κ3) is 5.72. The topological polar surface area (TPSA) is 86.9 Å². The van der Waals surface area contributed by atoms with Crippen molar-refractivity contribution in [2.75, 3.05) is 0 Å². The van der Waals surface area contributed by atoms with E-state index in [0.29, 0.717) is 12.2 Å². The number of carbonyl (C=O) groups excluding carboxylic acids is 2. The first-order chi connectivity index (χ1) is 12.4. The monoisotopic (exact) mass is 356 g/mol. The first-order valence-electron chi connectivity index (χ1n) is 9.03. The van der Waals surface area contributed by atoms with Crippen LogP contribution in [-0.4, -0.2) is 27.8 Å². The highest BCUT2D eigenvalue weighted by atomic mass is 16.2. The predicted octanol–water partition coefficient (Wildman–Crippen LogP) is 2.88. The van der Waals surface area contributed by atoms with Crippen molar-refractivity contribution in [1.29, 1.82) is 0 Å². The Morgan fingerprint density at radius 2 is 1.81 bits per heavy atom. The summed E-state index contributed by atoms with van der Waals surface area (Å²) in [5, 5.41) is 5.69. The van der Waals surface area contributed by atoms with Gasteiger partial charge < -0.3 is 15.6 Å². The van der Waals surface area contributed by atoms with Crippen LogP contribution in [0.3, 0.4) is 0 Å². The first-order valence-corrected chi connectivity index (χ1v) is 9.03. The van der Waals surface area contributed by atoms with E-state index in [1.807, 2.05) is 58.0 Å². The van der Waals surface area contributed by atoms with Crippen molar-refractivity contribution in [2.24, 2.45) is 11.8 Å². The van der Waals surface area contributed by atoms with Gasteiger partial charge in [-0.3, -0.25) is 9.59 Å². The van der Waals surface area contributed by atoms with E-state index in [1.54, 1.807) is 6.20 Å². The number of hydrogen-bond acceptors (Lipinski definition) is 3. The molecule has 1 aromatic heterocycles. The summed E-state index contributed by atoms with van der Waals surface area (Å²) >= 11 is 0. The van der Waals surface area contributed by atoms with Crippen LogP contribution in [0.1, 0.15) is 39.9 Å². The second-order valence-corrected chi connectivity index (χ2v) is 7.21. The van der Waals surface area contributed by atoms with Crippen LogP contribution < -0.4 is 10.6 Å². The zero-order valence-electron chi connectivity index (χ0n) is 15.9. The van der Waals surface area contributed by atoms with Crippen LogP contribution in [0.15, 0.2) is 36.5 Å². The minimum atomic E-state index is -0.551. The van der Waals surface area contributed by atoms with E-state index in [0.717, 1.165) is 11.3 Å². The van der Waals surface area contributed by atoms with E-state index in [4.69, 9.17) is 0 Å². The van der Waals surface area contributed by atoms with Crippen LogP contribution in [0.25, 0.3) is 11.3 Å². The van der Waals surface area contributed by atoms with Crippen LogP contribution in [0.5, 0.6) is 0 Å². The van der Waals surface area contributed by atoms with Gasteiger partial charge in [-0.15, -0.1) is 0 Å². The van der Waals surface area contributed by atoms with Crippen molar-refractivity contribution in [3.63, 3.8) is 0 Å².